The van der Waals surface area contributed by atoms with Gasteiger partial charge in [-0.3, -0.25) is 4.98 Å². The second kappa shape index (κ2) is 6.01. The summed E-state index contributed by atoms with van der Waals surface area (Å²) in [5.41, 5.74) is 2.48. The first kappa shape index (κ1) is 13.1. The van der Waals surface area contributed by atoms with Gasteiger partial charge in [0.1, 0.15) is 5.82 Å². The van der Waals surface area contributed by atoms with Crippen LogP contribution in [-0.2, 0) is 13.1 Å². The Labute approximate surface area is 119 Å². The van der Waals surface area contributed by atoms with Crippen LogP contribution in [-0.4, -0.2) is 23.1 Å². The van der Waals surface area contributed by atoms with Gasteiger partial charge in [0, 0.05) is 44.8 Å². The molecule has 1 aliphatic rings. The number of nitrogens with zero attached hydrogens (tertiary/aromatic N) is 3. The second-order valence-electron chi connectivity index (χ2n) is 5.39. The molecule has 3 rings (SSSR count). The van der Waals surface area contributed by atoms with Crippen molar-refractivity contribution in [3.8, 4) is 0 Å². The van der Waals surface area contributed by atoms with E-state index in [9.17, 15) is 0 Å². The number of hydrogen-bond donors (Lipinski definition) is 1. The summed E-state index contributed by atoms with van der Waals surface area (Å²) in [7, 11) is 2.06. The van der Waals surface area contributed by atoms with Gasteiger partial charge in [-0.05, 0) is 42.2 Å². The lowest BCUT2D eigenvalue weighted by molar-refractivity contribution is 0.686. The van der Waals surface area contributed by atoms with Crippen molar-refractivity contribution in [2.45, 2.75) is 32.0 Å². The van der Waals surface area contributed by atoms with Gasteiger partial charge in [-0.1, -0.05) is 6.07 Å². The Morgan fingerprint density at radius 2 is 2.15 bits per heavy atom. The van der Waals surface area contributed by atoms with Crippen LogP contribution >= 0.6 is 0 Å². The SMILES string of the molecule is CN(Cc1cccnc1)c1cc(CNC2CC2)ccn1. The van der Waals surface area contributed by atoms with Crippen LogP contribution in [0.4, 0.5) is 5.82 Å². The highest BCUT2D eigenvalue weighted by atomic mass is 15.2. The predicted octanol–water partition coefficient (Wildman–Crippen LogP) is 2.37. The zero-order valence-corrected chi connectivity index (χ0v) is 11.8. The summed E-state index contributed by atoms with van der Waals surface area (Å²) in [6, 6.07) is 9.02. The van der Waals surface area contributed by atoms with Crippen molar-refractivity contribution in [2.75, 3.05) is 11.9 Å². The lowest BCUT2D eigenvalue weighted by atomic mass is 10.2. The zero-order valence-electron chi connectivity index (χ0n) is 11.8. The van der Waals surface area contributed by atoms with Crippen molar-refractivity contribution >= 4 is 5.82 Å². The van der Waals surface area contributed by atoms with Crippen LogP contribution < -0.4 is 10.2 Å². The number of nitrogens with one attached hydrogen (secondary N) is 1. The minimum absolute atomic E-state index is 0.736. The summed E-state index contributed by atoms with van der Waals surface area (Å²) in [5.74, 6) is 1.00. The van der Waals surface area contributed by atoms with Crippen LogP contribution in [0.15, 0.2) is 42.9 Å². The van der Waals surface area contributed by atoms with E-state index >= 15 is 0 Å². The first-order valence-corrected chi connectivity index (χ1v) is 7.09. The van der Waals surface area contributed by atoms with Crippen LogP contribution in [0.1, 0.15) is 24.0 Å². The van der Waals surface area contributed by atoms with Crippen LogP contribution in [0.5, 0.6) is 0 Å². The van der Waals surface area contributed by atoms with E-state index in [4.69, 9.17) is 0 Å². The molecule has 2 aromatic heterocycles. The quantitative estimate of drug-likeness (QED) is 0.873. The van der Waals surface area contributed by atoms with E-state index < -0.39 is 0 Å². The minimum Gasteiger partial charge on any atom is -0.355 e. The molecule has 0 unspecified atom stereocenters. The Morgan fingerprint density at radius 1 is 1.25 bits per heavy atom. The molecule has 4 nitrogen and oxygen atoms in total. The molecule has 1 aliphatic carbocycles. The molecule has 2 heterocycles. The summed E-state index contributed by atoms with van der Waals surface area (Å²) in [6.45, 7) is 1.75. The van der Waals surface area contributed by atoms with E-state index in [-0.39, 0.29) is 0 Å². The van der Waals surface area contributed by atoms with Crippen molar-refractivity contribution < 1.29 is 0 Å². The van der Waals surface area contributed by atoms with Gasteiger partial charge < -0.3 is 10.2 Å². The number of hydrogen-bond acceptors (Lipinski definition) is 4. The molecule has 0 spiro atoms. The molecular formula is C16H20N4. The van der Waals surface area contributed by atoms with Crippen molar-refractivity contribution in [1.29, 1.82) is 0 Å². The summed E-state index contributed by atoms with van der Waals surface area (Å²) in [4.78, 5) is 10.8. The van der Waals surface area contributed by atoms with E-state index in [1.165, 1.54) is 24.0 Å². The number of pyridine rings is 2. The smallest absolute Gasteiger partial charge is 0.128 e. The molecule has 0 saturated heterocycles. The van der Waals surface area contributed by atoms with Gasteiger partial charge in [-0.2, -0.15) is 0 Å². The fourth-order valence-corrected chi connectivity index (χ4v) is 2.18. The van der Waals surface area contributed by atoms with Crippen molar-refractivity contribution in [2.24, 2.45) is 0 Å². The molecule has 0 amide bonds. The van der Waals surface area contributed by atoms with Crippen molar-refractivity contribution in [3.63, 3.8) is 0 Å². The van der Waals surface area contributed by atoms with Gasteiger partial charge in [0.25, 0.3) is 0 Å². The van der Waals surface area contributed by atoms with Gasteiger partial charge in [-0.15, -0.1) is 0 Å². The van der Waals surface area contributed by atoms with Crippen LogP contribution in [0.3, 0.4) is 0 Å². The molecule has 1 saturated carbocycles. The molecule has 0 bridgehead atoms. The number of aromatic nitrogens is 2. The highest BCUT2D eigenvalue weighted by Crippen LogP contribution is 2.20. The Morgan fingerprint density at radius 3 is 2.90 bits per heavy atom. The van der Waals surface area contributed by atoms with E-state index in [0.717, 1.165) is 24.9 Å². The molecular weight excluding hydrogens is 248 g/mol. The largest absolute Gasteiger partial charge is 0.355 e. The molecule has 0 atom stereocenters. The number of rotatable bonds is 6. The van der Waals surface area contributed by atoms with Gasteiger partial charge >= 0.3 is 0 Å². The monoisotopic (exact) mass is 268 g/mol. The fraction of sp³-hybridized carbons (Fsp3) is 0.375. The summed E-state index contributed by atoms with van der Waals surface area (Å²) in [5, 5.41) is 3.53. The molecule has 4 heteroatoms. The van der Waals surface area contributed by atoms with Crippen molar-refractivity contribution in [3.05, 3.63) is 54.0 Å². The summed E-state index contributed by atoms with van der Waals surface area (Å²) in [6.07, 6.45) is 8.22. The van der Waals surface area contributed by atoms with E-state index in [1.807, 2.05) is 18.5 Å². The van der Waals surface area contributed by atoms with Gasteiger partial charge in [0.05, 0.1) is 0 Å². The topological polar surface area (TPSA) is 41.1 Å². The van der Waals surface area contributed by atoms with Crippen LogP contribution in [0.2, 0.25) is 0 Å². The number of anilines is 1. The van der Waals surface area contributed by atoms with Gasteiger partial charge in [0.15, 0.2) is 0 Å². The Kier molecular flexibility index (Phi) is 3.92. The van der Waals surface area contributed by atoms with Gasteiger partial charge in [-0.25, -0.2) is 4.98 Å². The maximum Gasteiger partial charge on any atom is 0.128 e. The Bertz CT molecular complexity index is 551. The van der Waals surface area contributed by atoms with Crippen molar-refractivity contribution in [1.82, 2.24) is 15.3 Å². The average Bonchev–Trinajstić information content (AvgIpc) is 3.31. The Hall–Kier alpha value is -1.94. The van der Waals surface area contributed by atoms with Crippen LogP contribution in [0, 0.1) is 0 Å². The van der Waals surface area contributed by atoms with Crippen LogP contribution in [0.25, 0.3) is 0 Å². The molecule has 104 valence electrons. The molecule has 1 N–H and O–H groups in total. The molecule has 2 aromatic rings. The average molecular weight is 268 g/mol. The highest BCUT2D eigenvalue weighted by molar-refractivity contribution is 5.40. The second-order valence-corrected chi connectivity index (χ2v) is 5.39. The van der Waals surface area contributed by atoms with E-state index in [1.54, 1.807) is 6.20 Å². The maximum atomic E-state index is 4.46. The first-order valence-electron chi connectivity index (χ1n) is 7.09. The molecule has 0 radical (unpaired) electrons. The minimum atomic E-state index is 0.736. The van der Waals surface area contributed by atoms with E-state index in [0.29, 0.717) is 0 Å². The third kappa shape index (κ3) is 3.54. The molecule has 0 aromatic carbocycles. The first-order chi connectivity index (χ1) is 9.81. The predicted molar refractivity (Wildman–Crippen MR) is 80.4 cm³/mol. The molecule has 1 fully saturated rings. The standard InChI is InChI=1S/C16H20N4/c1-20(12-14-3-2-7-17-10-14)16-9-13(6-8-18-16)11-19-15-4-5-15/h2-3,6-10,15,19H,4-5,11-12H2,1H3. The summed E-state index contributed by atoms with van der Waals surface area (Å²) >= 11 is 0. The normalized spacial score (nSPS) is 14.2. The third-order valence-corrected chi connectivity index (χ3v) is 3.52. The van der Waals surface area contributed by atoms with Gasteiger partial charge in [0.2, 0.25) is 0 Å². The summed E-state index contributed by atoms with van der Waals surface area (Å²) < 4.78 is 0. The maximum absolute atomic E-state index is 4.46. The molecule has 0 aliphatic heterocycles. The fourth-order valence-electron chi connectivity index (χ4n) is 2.18. The van der Waals surface area contributed by atoms with E-state index in [2.05, 4.69) is 45.4 Å². The lowest BCUT2D eigenvalue weighted by Crippen LogP contribution is -2.19. The lowest BCUT2D eigenvalue weighted by Gasteiger charge is -2.18. The third-order valence-electron chi connectivity index (χ3n) is 3.52. The highest BCUT2D eigenvalue weighted by Gasteiger charge is 2.19. The Balaban J connectivity index is 1.64. The molecule has 20 heavy (non-hydrogen) atoms. The zero-order chi connectivity index (χ0) is 13.8.